The van der Waals surface area contributed by atoms with Gasteiger partial charge in [0.15, 0.2) is 0 Å². The highest BCUT2D eigenvalue weighted by atomic mass is 35.5. The van der Waals surface area contributed by atoms with E-state index in [4.69, 9.17) is 39.5 Å². The molecular formula is C13H13Cl3N4O. The molecule has 0 saturated carbocycles. The third-order valence-corrected chi connectivity index (χ3v) is 3.48. The zero-order valence-electron chi connectivity index (χ0n) is 11.2. The van der Waals surface area contributed by atoms with Crippen molar-refractivity contribution in [3.8, 4) is 5.88 Å². The van der Waals surface area contributed by atoms with Crippen LogP contribution in [0.4, 0.5) is 5.82 Å². The molecule has 21 heavy (non-hydrogen) atoms. The van der Waals surface area contributed by atoms with Crippen molar-refractivity contribution in [2.45, 2.75) is 13.3 Å². The second-order valence-electron chi connectivity index (χ2n) is 4.05. The van der Waals surface area contributed by atoms with Crippen LogP contribution in [0.2, 0.25) is 15.1 Å². The minimum Gasteiger partial charge on any atom is -0.475 e. The molecular weight excluding hydrogens is 335 g/mol. The summed E-state index contributed by atoms with van der Waals surface area (Å²) in [5, 5.41) is 4.45. The zero-order valence-corrected chi connectivity index (χ0v) is 13.5. The first kappa shape index (κ1) is 16.1. The number of hydrogen-bond donors (Lipinski definition) is 1. The Morgan fingerprint density at radius 3 is 2.71 bits per heavy atom. The molecule has 0 amide bonds. The average molecular weight is 348 g/mol. The van der Waals surface area contributed by atoms with E-state index in [1.165, 1.54) is 12.5 Å². The summed E-state index contributed by atoms with van der Waals surface area (Å²) < 4.78 is 5.46. The summed E-state index contributed by atoms with van der Waals surface area (Å²) in [4.78, 5) is 12.2. The fourth-order valence-corrected chi connectivity index (χ4v) is 2.33. The lowest BCUT2D eigenvalue weighted by Gasteiger charge is -2.10. The van der Waals surface area contributed by atoms with Crippen molar-refractivity contribution in [1.82, 2.24) is 15.0 Å². The Bertz CT molecular complexity index is 624. The van der Waals surface area contributed by atoms with Crippen LogP contribution in [0.5, 0.6) is 5.88 Å². The molecule has 0 aromatic carbocycles. The van der Waals surface area contributed by atoms with Gasteiger partial charge in [0.1, 0.15) is 28.8 Å². The summed E-state index contributed by atoms with van der Waals surface area (Å²) in [6.45, 7) is 2.84. The number of hydrogen-bond acceptors (Lipinski definition) is 5. The van der Waals surface area contributed by atoms with Crippen LogP contribution in [-0.2, 0) is 6.42 Å². The normalized spacial score (nSPS) is 10.5. The molecule has 0 bridgehead atoms. The van der Waals surface area contributed by atoms with Crippen molar-refractivity contribution < 1.29 is 4.74 Å². The average Bonchev–Trinajstić information content (AvgIpc) is 2.47. The maximum Gasteiger partial charge on any atom is 0.232 e. The van der Waals surface area contributed by atoms with Gasteiger partial charge in [0.2, 0.25) is 5.88 Å². The van der Waals surface area contributed by atoms with Gasteiger partial charge in [-0.3, -0.25) is 0 Å². The molecule has 8 heteroatoms. The fourth-order valence-electron chi connectivity index (χ4n) is 1.60. The van der Waals surface area contributed by atoms with Gasteiger partial charge >= 0.3 is 0 Å². The van der Waals surface area contributed by atoms with Crippen molar-refractivity contribution in [1.29, 1.82) is 0 Å². The molecule has 0 radical (unpaired) electrons. The standard InChI is InChI=1S/C13H13Cl3N4O/c1-2-10-11(16)12(20-7-19-10)17-3-4-21-13-9(15)5-8(14)6-18-13/h5-7H,2-4H2,1H3,(H,17,19,20). The SMILES string of the molecule is CCc1ncnc(NCCOc2ncc(Cl)cc2Cl)c1Cl. The van der Waals surface area contributed by atoms with Gasteiger partial charge in [-0.1, -0.05) is 41.7 Å². The highest BCUT2D eigenvalue weighted by Crippen LogP contribution is 2.24. The van der Waals surface area contributed by atoms with Crippen LogP contribution in [0.1, 0.15) is 12.6 Å². The maximum absolute atomic E-state index is 6.17. The molecule has 1 N–H and O–H groups in total. The number of anilines is 1. The maximum atomic E-state index is 6.17. The summed E-state index contributed by atoms with van der Waals surface area (Å²) in [7, 11) is 0. The third-order valence-electron chi connectivity index (χ3n) is 2.60. The summed E-state index contributed by atoms with van der Waals surface area (Å²) in [5.74, 6) is 0.924. The molecule has 2 heterocycles. The minimum absolute atomic E-state index is 0.339. The quantitative estimate of drug-likeness (QED) is 0.803. The molecule has 0 fully saturated rings. The van der Waals surface area contributed by atoms with Crippen LogP contribution in [0.3, 0.4) is 0 Å². The highest BCUT2D eigenvalue weighted by molar-refractivity contribution is 6.35. The predicted octanol–water partition coefficient (Wildman–Crippen LogP) is 3.89. The van der Waals surface area contributed by atoms with Crippen LogP contribution in [-0.4, -0.2) is 28.1 Å². The second kappa shape index (κ2) is 7.64. The molecule has 5 nitrogen and oxygen atoms in total. The van der Waals surface area contributed by atoms with Crippen LogP contribution in [0.25, 0.3) is 0 Å². The van der Waals surface area contributed by atoms with Gasteiger partial charge in [0.05, 0.1) is 17.3 Å². The Kier molecular flexibility index (Phi) is 5.85. The number of pyridine rings is 1. The molecule has 0 aliphatic heterocycles. The monoisotopic (exact) mass is 346 g/mol. The topological polar surface area (TPSA) is 59.9 Å². The zero-order chi connectivity index (χ0) is 15.2. The molecule has 0 atom stereocenters. The number of nitrogens with one attached hydrogen (secondary N) is 1. The molecule has 0 aliphatic carbocycles. The van der Waals surface area contributed by atoms with E-state index >= 15 is 0 Å². The predicted molar refractivity (Wildman–Crippen MR) is 84.7 cm³/mol. The minimum atomic E-state index is 0.339. The molecule has 2 aromatic rings. The van der Waals surface area contributed by atoms with Crippen LogP contribution in [0.15, 0.2) is 18.6 Å². The van der Waals surface area contributed by atoms with Crippen molar-refractivity contribution in [3.05, 3.63) is 39.4 Å². The van der Waals surface area contributed by atoms with E-state index in [-0.39, 0.29) is 0 Å². The number of aromatic nitrogens is 3. The lowest BCUT2D eigenvalue weighted by Crippen LogP contribution is -2.14. The van der Waals surface area contributed by atoms with Gasteiger partial charge in [0.25, 0.3) is 0 Å². The largest absolute Gasteiger partial charge is 0.475 e. The molecule has 0 unspecified atom stereocenters. The van der Waals surface area contributed by atoms with Crippen LogP contribution < -0.4 is 10.1 Å². The molecule has 0 aliphatic rings. The van der Waals surface area contributed by atoms with E-state index in [0.29, 0.717) is 39.9 Å². The van der Waals surface area contributed by atoms with Gasteiger partial charge < -0.3 is 10.1 Å². The molecule has 0 saturated heterocycles. The molecule has 2 aromatic heterocycles. The molecule has 112 valence electrons. The lowest BCUT2D eigenvalue weighted by molar-refractivity contribution is 0.320. The first-order valence-electron chi connectivity index (χ1n) is 6.29. The Balaban J connectivity index is 1.87. The Labute approximate surface area is 137 Å². The summed E-state index contributed by atoms with van der Waals surface area (Å²) in [5.41, 5.74) is 0.803. The van der Waals surface area contributed by atoms with E-state index in [2.05, 4.69) is 20.3 Å². The van der Waals surface area contributed by atoms with E-state index in [0.717, 1.165) is 12.1 Å². The Hall–Kier alpha value is -1.30. The summed E-state index contributed by atoms with van der Waals surface area (Å²) in [6.07, 6.45) is 3.70. The van der Waals surface area contributed by atoms with Gasteiger partial charge in [-0.2, -0.15) is 0 Å². The highest BCUT2D eigenvalue weighted by Gasteiger charge is 2.08. The number of nitrogens with zero attached hydrogens (tertiary/aromatic N) is 3. The fraction of sp³-hybridized carbons (Fsp3) is 0.308. The van der Waals surface area contributed by atoms with E-state index in [1.54, 1.807) is 6.07 Å². The first-order chi connectivity index (χ1) is 10.1. The Morgan fingerprint density at radius 1 is 1.19 bits per heavy atom. The van der Waals surface area contributed by atoms with Gasteiger partial charge in [0, 0.05) is 6.20 Å². The van der Waals surface area contributed by atoms with Gasteiger partial charge in [-0.15, -0.1) is 0 Å². The smallest absolute Gasteiger partial charge is 0.232 e. The third kappa shape index (κ3) is 4.33. The Morgan fingerprint density at radius 2 is 2.00 bits per heavy atom. The van der Waals surface area contributed by atoms with Crippen molar-refractivity contribution in [2.75, 3.05) is 18.5 Å². The van der Waals surface area contributed by atoms with Crippen LogP contribution >= 0.6 is 34.8 Å². The number of ether oxygens (including phenoxy) is 1. The molecule has 0 spiro atoms. The summed E-state index contributed by atoms with van der Waals surface area (Å²) >= 11 is 17.9. The van der Waals surface area contributed by atoms with E-state index in [9.17, 15) is 0 Å². The van der Waals surface area contributed by atoms with Crippen molar-refractivity contribution in [3.63, 3.8) is 0 Å². The second-order valence-corrected chi connectivity index (χ2v) is 5.27. The molecule has 2 rings (SSSR count). The van der Waals surface area contributed by atoms with E-state index in [1.807, 2.05) is 6.92 Å². The summed E-state index contributed by atoms with van der Waals surface area (Å²) in [6, 6.07) is 1.58. The number of halogens is 3. The van der Waals surface area contributed by atoms with Crippen LogP contribution in [0, 0.1) is 0 Å². The van der Waals surface area contributed by atoms with Crippen molar-refractivity contribution in [2.24, 2.45) is 0 Å². The van der Waals surface area contributed by atoms with Gasteiger partial charge in [-0.25, -0.2) is 15.0 Å². The number of rotatable bonds is 6. The lowest BCUT2D eigenvalue weighted by atomic mass is 10.3. The number of aryl methyl sites for hydroxylation is 1. The van der Waals surface area contributed by atoms with Crippen molar-refractivity contribution >= 4 is 40.6 Å². The van der Waals surface area contributed by atoms with Gasteiger partial charge in [-0.05, 0) is 12.5 Å². The first-order valence-corrected chi connectivity index (χ1v) is 7.42. The van der Waals surface area contributed by atoms with E-state index < -0.39 is 0 Å².